The van der Waals surface area contributed by atoms with Gasteiger partial charge in [-0.2, -0.15) is 0 Å². The third kappa shape index (κ3) is 2.61. The standard InChI is InChI=1S/C15H15ClFN3/c1-8-3-6-11(17)7-12(8)18-14-9(2)13(16)19-15(20-14)10-4-5-10/h3,6-7,10H,4-5H2,1-2H3,(H,18,19,20). The molecule has 3 rings (SSSR count). The number of nitrogens with one attached hydrogen (secondary N) is 1. The fourth-order valence-corrected chi connectivity index (χ4v) is 2.18. The molecule has 0 saturated heterocycles. The zero-order chi connectivity index (χ0) is 14.3. The second-order valence-corrected chi connectivity index (χ2v) is 5.56. The highest BCUT2D eigenvalue weighted by molar-refractivity contribution is 6.30. The minimum Gasteiger partial charge on any atom is -0.340 e. The molecule has 5 heteroatoms. The van der Waals surface area contributed by atoms with Gasteiger partial charge in [-0.25, -0.2) is 14.4 Å². The third-order valence-electron chi connectivity index (χ3n) is 3.50. The first kappa shape index (κ1) is 13.3. The highest BCUT2D eigenvalue weighted by Gasteiger charge is 2.28. The van der Waals surface area contributed by atoms with E-state index in [9.17, 15) is 4.39 Å². The van der Waals surface area contributed by atoms with Gasteiger partial charge in [0.1, 0.15) is 22.6 Å². The Morgan fingerprint density at radius 1 is 1.25 bits per heavy atom. The number of benzene rings is 1. The van der Waals surface area contributed by atoms with Crippen LogP contribution in [0.25, 0.3) is 0 Å². The molecule has 0 radical (unpaired) electrons. The SMILES string of the molecule is Cc1ccc(F)cc1Nc1nc(C2CC2)nc(Cl)c1C. The molecule has 3 nitrogen and oxygen atoms in total. The molecule has 0 bridgehead atoms. The molecule has 0 unspecified atom stereocenters. The Hall–Kier alpha value is -1.68. The molecule has 2 aromatic rings. The minimum absolute atomic E-state index is 0.279. The van der Waals surface area contributed by atoms with Crippen LogP contribution in [0.2, 0.25) is 5.15 Å². The summed E-state index contributed by atoms with van der Waals surface area (Å²) in [5, 5.41) is 3.63. The topological polar surface area (TPSA) is 37.8 Å². The summed E-state index contributed by atoms with van der Waals surface area (Å²) in [5.74, 6) is 1.57. The van der Waals surface area contributed by atoms with Crippen molar-refractivity contribution in [3.8, 4) is 0 Å². The zero-order valence-electron chi connectivity index (χ0n) is 11.4. The maximum atomic E-state index is 13.3. The molecule has 20 heavy (non-hydrogen) atoms. The maximum Gasteiger partial charge on any atom is 0.138 e. The van der Waals surface area contributed by atoms with Crippen molar-refractivity contribution < 1.29 is 4.39 Å². The van der Waals surface area contributed by atoms with E-state index in [1.54, 1.807) is 6.07 Å². The Balaban J connectivity index is 1.99. The van der Waals surface area contributed by atoms with Crippen molar-refractivity contribution in [2.45, 2.75) is 32.6 Å². The van der Waals surface area contributed by atoms with E-state index in [2.05, 4.69) is 15.3 Å². The van der Waals surface area contributed by atoms with Crippen LogP contribution < -0.4 is 5.32 Å². The first-order valence-electron chi connectivity index (χ1n) is 6.62. The fourth-order valence-electron chi connectivity index (χ4n) is 2.01. The van der Waals surface area contributed by atoms with Gasteiger partial charge in [-0.1, -0.05) is 17.7 Å². The molecule has 1 aliphatic rings. The quantitative estimate of drug-likeness (QED) is 0.846. The molecule has 1 aromatic carbocycles. The summed E-state index contributed by atoms with van der Waals surface area (Å²) < 4.78 is 13.3. The van der Waals surface area contributed by atoms with Crippen LogP contribution in [0.15, 0.2) is 18.2 Å². The smallest absolute Gasteiger partial charge is 0.138 e. The highest BCUT2D eigenvalue weighted by Crippen LogP contribution is 2.39. The van der Waals surface area contributed by atoms with Gasteiger partial charge in [-0.05, 0) is 44.4 Å². The molecule has 1 fully saturated rings. The number of anilines is 2. The van der Waals surface area contributed by atoms with Gasteiger partial charge >= 0.3 is 0 Å². The largest absolute Gasteiger partial charge is 0.340 e. The van der Waals surface area contributed by atoms with Crippen molar-refractivity contribution in [1.29, 1.82) is 0 Å². The molecular weight excluding hydrogens is 277 g/mol. The average molecular weight is 292 g/mol. The fraction of sp³-hybridized carbons (Fsp3) is 0.333. The second kappa shape index (κ2) is 5.02. The van der Waals surface area contributed by atoms with Crippen molar-refractivity contribution in [3.63, 3.8) is 0 Å². The van der Waals surface area contributed by atoms with Crippen LogP contribution in [0.5, 0.6) is 0 Å². The predicted octanol–water partition coefficient (Wildman–Crippen LogP) is 4.51. The van der Waals surface area contributed by atoms with Gasteiger partial charge in [0.15, 0.2) is 0 Å². The van der Waals surface area contributed by atoms with Crippen molar-refractivity contribution >= 4 is 23.1 Å². The Kier molecular flexibility index (Phi) is 3.34. The number of hydrogen-bond donors (Lipinski definition) is 1. The molecular formula is C15H15ClFN3. The number of aromatic nitrogens is 2. The molecule has 0 amide bonds. The number of nitrogens with zero attached hydrogens (tertiary/aromatic N) is 2. The van der Waals surface area contributed by atoms with Gasteiger partial charge in [0.25, 0.3) is 0 Å². The predicted molar refractivity (Wildman–Crippen MR) is 78.2 cm³/mol. The van der Waals surface area contributed by atoms with Crippen LogP contribution in [0.3, 0.4) is 0 Å². The van der Waals surface area contributed by atoms with Gasteiger partial charge in [-0.15, -0.1) is 0 Å². The van der Waals surface area contributed by atoms with Gasteiger partial charge in [0.2, 0.25) is 0 Å². The van der Waals surface area contributed by atoms with E-state index < -0.39 is 0 Å². The molecule has 1 heterocycles. The van der Waals surface area contributed by atoms with Crippen LogP contribution in [0, 0.1) is 19.7 Å². The van der Waals surface area contributed by atoms with E-state index in [1.807, 2.05) is 13.8 Å². The molecule has 1 saturated carbocycles. The average Bonchev–Trinajstić information content (AvgIpc) is 3.23. The Labute approximate surface area is 122 Å². The molecule has 104 valence electrons. The summed E-state index contributed by atoms with van der Waals surface area (Å²) in [6.45, 7) is 3.78. The van der Waals surface area contributed by atoms with Crippen LogP contribution in [0.1, 0.15) is 35.7 Å². The maximum absolute atomic E-state index is 13.3. The summed E-state index contributed by atoms with van der Waals surface area (Å²) in [4.78, 5) is 8.85. The van der Waals surface area contributed by atoms with Gasteiger partial charge in [0.05, 0.1) is 0 Å². The van der Waals surface area contributed by atoms with Gasteiger partial charge in [-0.3, -0.25) is 0 Å². The van der Waals surface area contributed by atoms with Crippen molar-refractivity contribution in [1.82, 2.24) is 9.97 Å². The Morgan fingerprint density at radius 2 is 2.00 bits per heavy atom. The second-order valence-electron chi connectivity index (χ2n) is 5.20. The lowest BCUT2D eigenvalue weighted by Gasteiger charge is -2.13. The van der Waals surface area contributed by atoms with Crippen molar-refractivity contribution in [3.05, 3.63) is 46.1 Å². The Morgan fingerprint density at radius 3 is 2.70 bits per heavy atom. The summed E-state index contributed by atoms with van der Waals surface area (Å²) in [5.41, 5.74) is 2.43. The number of halogens is 2. The van der Waals surface area contributed by atoms with Crippen LogP contribution >= 0.6 is 11.6 Å². The molecule has 0 aliphatic heterocycles. The lowest BCUT2D eigenvalue weighted by Crippen LogP contribution is -2.04. The summed E-state index contributed by atoms with van der Waals surface area (Å²) >= 11 is 6.16. The number of rotatable bonds is 3. The van der Waals surface area contributed by atoms with E-state index in [1.165, 1.54) is 12.1 Å². The van der Waals surface area contributed by atoms with Gasteiger partial charge < -0.3 is 5.32 Å². The molecule has 0 spiro atoms. The lowest BCUT2D eigenvalue weighted by molar-refractivity contribution is 0.628. The molecule has 1 aliphatic carbocycles. The molecule has 1 aromatic heterocycles. The van der Waals surface area contributed by atoms with Crippen LogP contribution in [0.4, 0.5) is 15.9 Å². The Bertz CT molecular complexity index is 668. The molecule has 1 N–H and O–H groups in total. The van der Waals surface area contributed by atoms with Gasteiger partial charge in [0, 0.05) is 17.2 Å². The summed E-state index contributed by atoms with van der Waals surface area (Å²) in [6, 6.07) is 4.63. The number of hydrogen-bond acceptors (Lipinski definition) is 3. The monoisotopic (exact) mass is 291 g/mol. The summed E-state index contributed by atoms with van der Waals surface area (Å²) in [6.07, 6.45) is 2.22. The van der Waals surface area contributed by atoms with E-state index in [0.717, 1.165) is 29.8 Å². The normalized spacial score (nSPS) is 14.4. The number of aryl methyl sites for hydroxylation is 1. The van der Waals surface area contributed by atoms with E-state index in [0.29, 0.717) is 22.6 Å². The first-order valence-corrected chi connectivity index (χ1v) is 6.99. The van der Waals surface area contributed by atoms with E-state index >= 15 is 0 Å². The van der Waals surface area contributed by atoms with Crippen LogP contribution in [-0.4, -0.2) is 9.97 Å². The van der Waals surface area contributed by atoms with Crippen LogP contribution in [-0.2, 0) is 0 Å². The highest BCUT2D eigenvalue weighted by atomic mass is 35.5. The first-order chi connectivity index (χ1) is 9.54. The third-order valence-corrected chi connectivity index (χ3v) is 3.87. The van der Waals surface area contributed by atoms with E-state index in [-0.39, 0.29) is 5.82 Å². The van der Waals surface area contributed by atoms with Crippen molar-refractivity contribution in [2.24, 2.45) is 0 Å². The molecule has 0 atom stereocenters. The summed E-state index contributed by atoms with van der Waals surface area (Å²) in [7, 11) is 0. The van der Waals surface area contributed by atoms with E-state index in [4.69, 9.17) is 11.6 Å². The lowest BCUT2D eigenvalue weighted by atomic mass is 10.2. The van der Waals surface area contributed by atoms with Crippen molar-refractivity contribution in [2.75, 3.05) is 5.32 Å². The zero-order valence-corrected chi connectivity index (χ0v) is 12.1. The minimum atomic E-state index is -0.279.